The van der Waals surface area contributed by atoms with Gasteiger partial charge in [-0.05, 0) is 12.1 Å². The van der Waals surface area contributed by atoms with Crippen LogP contribution in [0.3, 0.4) is 0 Å². The van der Waals surface area contributed by atoms with Crippen molar-refractivity contribution in [2.24, 2.45) is 5.73 Å². The molecule has 0 bridgehead atoms. The molecule has 2 N–H and O–H groups in total. The van der Waals surface area contributed by atoms with Crippen molar-refractivity contribution in [1.82, 2.24) is 4.98 Å². The van der Waals surface area contributed by atoms with Crippen molar-refractivity contribution in [2.45, 2.75) is 6.54 Å². The molecular formula is C11H11FN2O. The number of para-hydroxylation sites is 1. The number of benzene rings is 1. The van der Waals surface area contributed by atoms with Gasteiger partial charge in [0.15, 0.2) is 0 Å². The van der Waals surface area contributed by atoms with Crippen molar-refractivity contribution in [3.05, 3.63) is 35.6 Å². The average molecular weight is 206 g/mol. The first-order valence-electron chi connectivity index (χ1n) is 4.58. The SMILES string of the molecule is COc1nc2c(F)cccc2cc1CN. The number of halogens is 1. The van der Waals surface area contributed by atoms with Gasteiger partial charge in [0.05, 0.1) is 7.11 Å². The number of hydrogen-bond donors (Lipinski definition) is 1. The quantitative estimate of drug-likeness (QED) is 0.815. The molecule has 0 unspecified atom stereocenters. The minimum absolute atomic E-state index is 0.312. The highest BCUT2D eigenvalue weighted by Crippen LogP contribution is 2.23. The van der Waals surface area contributed by atoms with Crippen LogP contribution in [0.4, 0.5) is 4.39 Å². The zero-order valence-corrected chi connectivity index (χ0v) is 8.33. The molecule has 0 spiro atoms. The monoisotopic (exact) mass is 206 g/mol. The zero-order valence-electron chi connectivity index (χ0n) is 8.33. The second-order valence-corrected chi connectivity index (χ2v) is 3.17. The fourth-order valence-electron chi connectivity index (χ4n) is 1.51. The van der Waals surface area contributed by atoms with Gasteiger partial charge in [-0.3, -0.25) is 0 Å². The lowest BCUT2D eigenvalue weighted by Crippen LogP contribution is -2.02. The van der Waals surface area contributed by atoms with Crippen LogP contribution in [0.1, 0.15) is 5.56 Å². The van der Waals surface area contributed by atoms with Gasteiger partial charge < -0.3 is 10.5 Å². The second kappa shape index (κ2) is 3.82. The van der Waals surface area contributed by atoms with Gasteiger partial charge in [-0.2, -0.15) is 0 Å². The largest absolute Gasteiger partial charge is 0.481 e. The van der Waals surface area contributed by atoms with E-state index in [-0.39, 0.29) is 5.82 Å². The van der Waals surface area contributed by atoms with Gasteiger partial charge in [-0.1, -0.05) is 12.1 Å². The molecule has 0 radical (unpaired) electrons. The van der Waals surface area contributed by atoms with Crippen molar-refractivity contribution in [1.29, 1.82) is 0 Å². The standard InChI is InChI=1S/C11H11FN2O/c1-15-11-8(6-13)5-7-3-2-4-9(12)10(7)14-11/h2-5H,6,13H2,1H3. The second-order valence-electron chi connectivity index (χ2n) is 3.17. The Morgan fingerprint density at radius 1 is 1.47 bits per heavy atom. The van der Waals surface area contributed by atoms with E-state index in [4.69, 9.17) is 10.5 Å². The fraction of sp³-hybridized carbons (Fsp3) is 0.182. The Hall–Kier alpha value is -1.68. The van der Waals surface area contributed by atoms with Crippen molar-refractivity contribution >= 4 is 10.9 Å². The molecule has 0 atom stereocenters. The minimum Gasteiger partial charge on any atom is -0.481 e. The lowest BCUT2D eigenvalue weighted by Gasteiger charge is -2.07. The Bertz CT molecular complexity index is 499. The van der Waals surface area contributed by atoms with Crippen LogP contribution >= 0.6 is 0 Å². The molecule has 0 amide bonds. The van der Waals surface area contributed by atoms with Crippen LogP contribution in [-0.2, 0) is 6.54 Å². The Labute approximate surface area is 86.7 Å². The van der Waals surface area contributed by atoms with E-state index in [0.29, 0.717) is 17.9 Å². The number of aromatic nitrogens is 1. The van der Waals surface area contributed by atoms with Gasteiger partial charge in [-0.15, -0.1) is 0 Å². The molecule has 1 aromatic carbocycles. The van der Waals surface area contributed by atoms with Gasteiger partial charge >= 0.3 is 0 Å². The number of ether oxygens (including phenoxy) is 1. The van der Waals surface area contributed by atoms with Gasteiger partial charge in [0, 0.05) is 17.5 Å². The number of hydrogen-bond acceptors (Lipinski definition) is 3. The summed E-state index contributed by atoms with van der Waals surface area (Å²) < 4.78 is 18.4. The first-order valence-corrected chi connectivity index (χ1v) is 4.58. The molecule has 78 valence electrons. The number of nitrogens with two attached hydrogens (primary N) is 1. The zero-order chi connectivity index (χ0) is 10.8. The van der Waals surface area contributed by atoms with Crippen molar-refractivity contribution < 1.29 is 9.13 Å². The van der Waals surface area contributed by atoms with Crippen LogP contribution in [0.5, 0.6) is 5.88 Å². The molecule has 1 aromatic heterocycles. The summed E-state index contributed by atoms with van der Waals surface area (Å²) in [7, 11) is 1.49. The third-order valence-corrected chi connectivity index (χ3v) is 2.25. The normalized spacial score (nSPS) is 10.6. The molecule has 0 saturated heterocycles. The van der Waals surface area contributed by atoms with E-state index in [1.165, 1.54) is 13.2 Å². The van der Waals surface area contributed by atoms with Crippen molar-refractivity contribution in [3.63, 3.8) is 0 Å². The summed E-state index contributed by atoms with van der Waals surface area (Å²) in [4.78, 5) is 4.09. The smallest absolute Gasteiger partial charge is 0.218 e. The molecule has 0 aliphatic heterocycles. The van der Waals surface area contributed by atoms with Crippen molar-refractivity contribution in [2.75, 3.05) is 7.11 Å². The van der Waals surface area contributed by atoms with Crippen LogP contribution in [0.25, 0.3) is 10.9 Å². The van der Waals surface area contributed by atoms with Crippen LogP contribution < -0.4 is 10.5 Å². The summed E-state index contributed by atoms with van der Waals surface area (Å²) in [5.41, 5.74) is 6.63. The van der Waals surface area contributed by atoms with E-state index in [1.54, 1.807) is 18.2 Å². The van der Waals surface area contributed by atoms with Gasteiger partial charge in [0.1, 0.15) is 11.3 Å². The number of methoxy groups -OCH3 is 1. The Balaban J connectivity index is 2.75. The molecule has 4 heteroatoms. The first-order chi connectivity index (χ1) is 7.26. The molecule has 0 fully saturated rings. The molecule has 0 saturated carbocycles. The summed E-state index contributed by atoms with van der Waals surface area (Å²) in [6.07, 6.45) is 0. The first kappa shape index (κ1) is 9.86. The van der Waals surface area contributed by atoms with Crippen molar-refractivity contribution in [3.8, 4) is 5.88 Å². The molecule has 2 rings (SSSR count). The van der Waals surface area contributed by atoms with E-state index in [2.05, 4.69) is 4.98 Å². The Morgan fingerprint density at radius 3 is 2.93 bits per heavy atom. The maximum atomic E-state index is 13.4. The molecule has 1 heterocycles. The summed E-state index contributed by atoms with van der Waals surface area (Å²) >= 11 is 0. The number of rotatable bonds is 2. The van der Waals surface area contributed by atoms with E-state index >= 15 is 0 Å². The summed E-state index contributed by atoms with van der Waals surface area (Å²) in [6.45, 7) is 0.322. The molecule has 15 heavy (non-hydrogen) atoms. The predicted molar refractivity (Wildman–Crippen MR) is 56.1 cm³/mol. The average Bonchev–Trinajstić information content (AvgIpc) is 2.28. The fourth-order valence-corrected chi connectivity index (χ4v) is 1.51. The van der Waals surface area contributed by atoms with Crippen LogP contribution in [0.2, 0.25) is 0 Å². The van der Waals surface area contributed by atoms with E-state index < -0.39 is 0 Å². The molecular weight excluding hydrogens is 195 g/mol. The van der Waals surface area contributed by atoms with E-state index in [9.17, 15) is 4.39 Å². The van der Waals surface area contributed by atoms with Crippen LogP contribution in [-0.4, -0.2) is 12.1 Å². The Morgan fingerprint density at radius 2 is 2.27 bits per heavy atom. The summed E-state index contributed by atoms with van der Waals surface area (Å²) in [5.74, 6) is 0.0319. The topological polar surface area (TPSA) is 48.1 Å². The van der Waals surface area contributed by atoms with Gasteiger partial charge in [0.2, 0.25) is 5.88 Å². The predicted octanol–water partition coefficient (Wildman–Crippen LogP) is 1.84. The maximum absolute atomic E-state index is 13.4. The third-order valence-electron chi connectivity index (χ3n) is 2.25. The van der Waals surface area contributed by atoms with Crippen LogP contribution in [0.15, 0.2) is 24.3 Å². The molecule has 0 aliphatic rings. The maximum Gasteiger partial charge on any atom is 0.218 e. The minimum atomic E-state index is -0.352. The van der Waals surface area contributed by atoms with E-state index in [1.807, 2.05) is 0 Å². The number of nitrogens with zero attached hydrogens (tertiary/aromatic N) is 1. The molecule has 3 nitrogen and oxygen atoms in total. The summed E-state index contributed by atoms with van der Waals surface area (Å²) in [5, 5.41) is 0.733. The van der Waals surface area contributed by atoms with Gasteiger partial charge in [0.25, 0.3) is 0 Å². The lowest BCUT2D eigenvalue weighted by atomic mass is 10.1. The highest BCUT2D eigenvalue weighted by molar-refractivity contribution is 5.80. The molecule has 2 aromatic rings. The molecule has 0 aliphatic carbocycles. The third kappa shape index (κ3) is 1.64. The lowest BCUT2D eigenvalue weighted by molar-refractivity contribution is 0.394. The number of pyridine rings is 1. The number of fused-ring (bicyclic) bond motifs is 1. The van der Waals surface area contributed by atoms with Crippen LogP contribution in [0, 0.1) is 5.82 Å². The summed E-state index contributed by atoms with van der Waals surface area (Å²) in [6, 6.07) is 6.61. The highest BCUT2D eigenvalue weighted by atomic mass is 19.1. The highest BCUT2D eigenvalue weighted by Gasteiger charge is 2.08. The van der Waals surface area contributed by atoms with Gasteiger partial charge in [-0.25, -0.2) is 9.37 Å². The van der Waals surface area contributed by atoms with E-state index in [0.717, 1.165) is 10.9 Å². The Kier molecular flexibility index (Phi) is 2.51.